The van der Waals surface area contributed by atoms with E-state index < -0.39 is 0 Å². The maximum Gasteiger partial charge on any atom is 0.270 e. The first kappa shape index (κ1) is 20.0. The third-order valence-corrected chi connectivity index (χ3v) is 4.34. The summed E-state index contributed by atoms with van der Waals surface area (Å²) in [5, 5.41) is 2.74. The summed E-state index contributed by atoms with van der Waals surface area (Å²) in [6, 6.07) is 17.5. The molecule has 0 aliphatic carbocycles. The topological polar surface area (TPSA) is 81.6 Å². The molecule has 150 valence electrons. The number of methoxy groups -OCH3 is 1. The van der Waals surface area contributed by atoms with Crippen LogP contribution in [0.3, 0.4) is 0 Å². The van der Waals surface area contributed by atoms with Gasteiger partial charge in [-0.1, -0.05) is 0 Å². The van der Waals surface area contributed by atoms with Crippen LogP contribution in [0.25, 0.3) is 0 Å². The van der Waals surface area contributed by atoms with Gasteiger partial charge in [-0.15, -0.1) is 0 Å². The number of ether oxygens (including phenoxy) is 2. The van der Waals surface area contributed by atoms with Crippen LogP contribution in [0.2, 0.25) is 0 Å². The maximum absolute atomic E-state index is 12.4. The molecule has 0 saturated carbocycles. The van der Waals surface area contributed by atoms with Crippen LogP contribution >= 0.6 is 0 Å². The van der Waals surface area contributed by atoms with Crippen molar-refractivity contribution in [2.75, 3.05) is 24.5 Å². The zero-order valence-electron chi connectivity index (χ0n) is 16.6. The lowest BCUT2D eigenvalue weighted by Crippen LogP contribution is -2.24. The highest BCUT2D eigenvalue weighted by Gasteiger charge is 2.10. The summed E-state index contributed by atoms with van der Waals surface area (Å²) in [5.41, 5.74) is 5.88. The lowest BCUT2D eigenvalue weighted by molar-refractivity contribution is -0.118. The molecule has 0 fully saturated rings. The Hall–Kier alpha value is -3.74. The molecule has 0 radical (unpaired) electrons. The second-order valence-corrected chi connectivity index (χ2v) is 6.48. The second-order valence-electron chi connectivity index (χ2n) is 6.48. The minimum absolute atomic E-state index is 0.140. The Balaban J connectivity index is 1.52. The number of rotatable bonds is 7. The largest absolute Gasteiger partial charge is 0.497 e. The Morgan fingerprint density at radius 3 is 2.03 bits per heavy atom. The lowest BCUT2D eigenvalue weighted by Gasteiger charge is -2.12. The molecule has 2 N–H and O–H groups in total. The van der Waals surface area contributed by atoms with Gasteiger partial charge in [0.25, 0.3) is 11.8 Å². The normalized spacial score (nSPS) is 10.3. The molecule has 3 rings (SSSR count). The smallest absolute Gasteiger partial charge is 0.270 e. The summed E-state index contributed by atoms with van der Waals surface area (Å²) in [6.45, 7) is 3.70. The molecule has 7 heteroatoms. The van der Waals surface area contributed by atoms with E-state index in [9.17, 15) is 9.59 Å². The SMILES string of the molecule is COc1ccc(NC(=O)COc2ccc(C(=O)Nn3c(C)ccc3C)cc2)cc1. The Kier molecular flexibility index (Phi) is 6.19. The lowest BCUT2D eigenvalue weighted by atomic mass is 10.2. The highest BCUT2D eigenvalue weighted by atomic mass is 16.5. The van der Waals surface area contributed by atoms with Gasteiger partial charge in [0.05, 0.1) is 7.11 Å². The van der Waals surface area contributed by atoms with Crippen LogP contribution in [-0.4, -0.2) is 30.2 Å². The summed E-state index contributed by atoms with van der Waals surface area (Å²) in [4.78, 5) is 24.4. The van der Waals surface area contributed by atoms with E-state index in [4.69, 9.17) is 9.47 Å². The predicted molar refractivity (Wildman–Crippen MR) is 111 cm³/mol. The van der Waals surface area contributed by atoms with Crippen molar-refractivity contribution in [2.24, 2.45) is 0 Å². The Bertz CT molecular complexity index is 972. The average molecular weight is 393 g/mol. The van der Waals surface area contributed by atoms with E-state index in [1.165, 1.54) is 0 Å². The van der Waals surface area contributed by atoms with Crippen LogP contribution in [-0.2, 0) is 4.79 Å². The first-order valence-corrected chi connectivity index (χ1v) is 9.09. The molecule has 0 unspecified atom stereocenters. The number of anilines is 1. The summed E-state index contributed by atoms with van der Waals surface area (Å²) >= 11 is 0. The van der Waals surface area contributed by atoms with E-state index >= 15 is 0 Å². The molecule has 29 heavy (non-hydrogen) atoms. The van der Waals surface area contributed by atoms with E-state index in [-0.39, 0.29) is 18.4 Å². The quantitative estimate of drug-likeness (QED) is 0.644. The average Bonchev–Trinajstić information content (AvgIpc) is 3.05. The van der Waals surface area contributed by atoms with E-state index in [1.807, 2.05) is 26.0 Å². The molecule has 0 aliphatic heterocycles. The number of hydrogen-bond acceptors (Lipinski definition) is 4. The second kappa shape index (κ2) is 8.97. The number of benzene rings is 2. The van der Waals surface area contributed by atoms with E-state index in [2.05, 4.69) is 10.7 Å². The fraction of sp³-hybridized carbons (Fsp3) is 0.182. The van der Waals surface area contributed by atoms with Crippen molar-refractivity contribution in [3.63, 3.8) is 0 Å². The third kappa shape index (κ3) is 5.16. The van der Waals surface area contributed by atoms with Gasteiger partial charge in [-0.05, 0) is 74.5 Å². The van der Waals surface area contributed by atoms with Crippen LogP contribution in [0.5, 0.6) is 11.5 Å². The summed E-state index contributed by atoms with van der Waals surface area (Å²) < 4.78 is 12.3. The van der Waals surface area contributed by atoms with Gasteiger partial charge in [0.2, 0.25) is 0 Å². The number of aromatic nitrogens is 1. The molecule has 1 heterocycles. The van der Waals surface area contributed by atoms with E-state index in [0.29, 0.717) is 22.7 Å². The van der Waals surface area contributed by atoms with Crippen molar-refractivity contribution in [1.29, 1.82) is 0 Å². The standard InChI is InChI=1S/C22H23N3O4/c1-15-4-5-16(2)25(15)24-22(27)17-6-10-20(11-7-17)29-14-21(26)23-18-8-12-19(28-3)13-9-18/h4-13H,14H2,1-3H3,(H,23,26)(H,24,27). The number of aryl methyl sites for hydroxylation is 2. The monoisotopic (exact) mass is 393 g/mol. The molecular weight excluding hydrogens is 370 g/mol. The molecule has 0 aliphatic rings. The van der Waals surface area contributed by atoms with E-state index in [0.717, 1.165) is 11.4 Å². The molecule has 0 atom stereocenters. The zero-order valence-corrected chi connectivity index (χ0v) is 16.6. The van der Waals surface area contributed by atoms with Gasteiger partial charge in [-0.2, -0.15) is 0 Å². The van der Waals surface area contributed by atoms with Crippen molar-refractivity contribution >= 4 is 17.5 Å². The van der Waals surface area contributed by atoms with Crippen molar-refractivity contribution in [3.8, 4) is 11.5 Å². The summed E-state index contributed by atoms with van der Waals surface area (Å²) in [5.74, 6) is 0.706. The third-order valence-electron chi connectivity index (χ3n) is 4.34. The number of carbonyl (C=O) groups excluding carboxylic acids is 2. The number of hydrogen-bond donors (Lipinski definition) is 2. The minimum atomic E-state index is -0.282. The van der Waals surface area contributed by atoms with Gasteiger partial charge in [-0.25, -0.2) is 0 Å². The first-order chi connectivity index (χ1) is 14.0. The van der Waals surface area contributed by atoms with Crippen molar-refractivity contribution < 1.29 is 19.1 Å². The molecule has 3 aromatic rings. The van der Waals surface area contributed by atoms with Gasteiger partial charge in [0, 0.05) is 22.6 Å². The van der Waals surface area contributed by atoms with Crippen LogP contribution < -0.4 is 20.2 Å². The highest BCUT2D eigenvalue weighted by Crippen LogP contribution is 2.16. The van der Waals surface area contributed by atoms with Gasteiger partial charge in [0.1, 0.15) is 11.5 Å². The van der Waals surface area contributed by atoms with Gasteiger partial charge >= 0.3 is 0 Å². The number of nitrogens with zero attached hydrogens (tertiary/aromatic N) is 1. The minimum Gasteiger partial charge on any atom is -0.497 e. The highest BCUT2D eigenvalue weighted by molar-refractivity contribution is 6.00. The van der Waals surface area contributed by atoms with Crippen molar-refractivity contribution in [1.82, 2.24) is 4.68 Å². The van der Waals surface area contributed by atoms with Crippen LogP contribution in [0, 0.1) is 13.8 Å². The van der Waals surface area contributed by atoms with Crippen LogP contribution in [0.4, 0.5) is 5.69 Å². The number of nitrogens with one attached hydrogen (secondary N) is 2. The molecule has 2 amide bonds. The Morgan fingerprint density at radius 1 is 0.862 bits per heavy atom. The molecule has 0 saturated heterocycles. The van der Waals surface area contributed by atoms with Gasteiger partial charge in [0.15, 0.2) is 6.61 Å². The molecule has 0 spiro atoms. The molecule has 7 nitrogen and oxygen atoms in total. The van der Waals surface area contributed by atoms with E-state index in [1.54, 1.807) is 60.3 Å². The first-order valence-electron chi connectivity index (χ1n) is 9.09. The molecule has 0 bridgehead atoms. The van der Waals surface area contributed by atoms with Gasteiger partial charge < -0.3 is 14.8 Å². The number of amides is 2. The Labute approximate surface area is 169 Å². The molecular formula is C22H23N3O4. The fourth-order valence-electron chi connectivity index (χ4n) is 2.73. The zero-order chi connectivity index (χ0) is 20.8. The predicted octanol–water partition coefficient (Wildman–Crippen LogP) is 3.51. The van der Waals surface area contributed by atoms with Crippen LogP contribution in [0.1, 0.15) is 21.7 Å². The van der Waals surface area contributed by atoms with Crippen LogP contribution in [0.15, 0.2) is 60.7 Å². The number of carbonyl (C=O) groups is 2. The molecule has 1 aromatic heterocycles. The molecule has 2 aromatic carbocycles. The fourth-order valence-corrected chi connectivity index (χ4v) is 2.73. The van der Waals surface area contributed by atoms with Crippen molar-refractivity contribution in [3.05, 3.63) is 77.6 Å². The Morgan fingerprint density at radius 2 is 1.45 bits per heavy atom. The summed E-state index contributed by atoms with van der Waals surface area (Å²) in [6.07, 6.45) is 0. The maximum atomic E-state index is 12.4. The van der Waals surface area contributed by atoms with Crippen molar-refractivity contribution in [2.45, 2.75) is 13.8 Å². The van der Waals surface area contributed by atoms with Gasteiger partial charge in [-0.3, -0.25) is 19.7 Å². The summed E-state index contributed by atoms with van der Waals surface area (Å²) in [7, 11) is 1.58.